The van der Waals surface area contributed by atoms with E-state index in [9.17, 15) is 8.42 Å². The summed E-state index contributed by atoms with van der Waals surface area (Å²) in [6.07, 6.45) is 3.92. The van der Waals surface area contributed by atoms with Gasteiger partial charge in [0.1, 0.15) is 0 Å². The Kier molecular flexibility index (Phi) is 4.05. The van der Waals surface area contributed by atoms with Crippen molar-refractivity contribution in [1.29, 1.82) is 0 Å². The molecule has 2 aromatic heterocycles. The van der Waals surface area contributed by atoms with Gasteiger partial charge in [0.25, 0.3) is 10.0 Å². The summed E-state index contributed by atoms with van der Waals surface area (Å²) in [5.41, 5.74) is 3.95. The lowest BCUT2D eigenvalue weighted by atomic mass is 10.1. The Balaban J connectivity index is 1.60. The lowest BCUT2D eigenvalue weighted by Gasteiger charge is -2.11. The zero-order chi connectivity index (χ0) is 18.3. The Bertz CT molecular complexity index is 1160. The number of hydrogen-bond acceptors (Lipinski definition) is 4. The average molecular weight is 383 g/mol. The second kappa shape index (κ2) is 6.26. The predicted octanol–water partition coefficient (Wildman–Crippen LogP) is 4.48. The summed E-state index contributed by atoms with van der Waals surface area (Å²) in [5.74, 6) is 0. The first-order chi connectivity index (χ1) is 12.4. The second-order valence-corrected chi connectivity index (χ2v) is 8.69. The van der Waals surface area contributed by atoms with Gasteiger partial charge in [-0.2, -0.15) is 0 Å². The Hall–Kier alpha value is -2.64. The zero-order valence-electron chi connectivity index (χ0n) is 14.3. The third-order valence-corrected chi connectivity index (χ3v) is 6.45. The molecule has 2 aromatic carbocycles. The van der Waals surface area contributed by atoms with E-state index in [1.54, 1.807) is 36.5 Å². The highest BCUT2D eigenvalue weighted by Gasteiger charge is 2.17. The average Bonchev–Trinajstić information content (AvgIpc) is 3.19. The molecule has 0 aliphatic carbocycles. The molecule has 5 nitrogen and oxygen atoms in total. The molecule has 0 aliphatic heterocycles. The van der Waals surface area contributed by atoms with Gasteiger partial charge in [-0.15, -0.1) is 11.3 Å². The number of fused-ring (bicyclic) bond motifs is 1. The molecule has 0 amide bonds. The maximum atomic E-state index is 12.7. The third kappa shape index (κ3) is 3.11. The molecule has 0 fully saturated rings. The van der Waals surface area contributed by atoms with E-state index in [0.717, 1.165) is 27.3 Å². The van der Waals surface area contributed by atoms with Crippen molar-refractivity contribution >= 4 is 32.0 Å². The van der Waals surface area contributed by atoms with Crippen molar-refractivity contribution in [3.8, 4) is 11.3 Å². The number of sulfonamides is 1. The van der Waals surface area contributed by atoms with Crippen LogP contribution in [0.5, 0.6) is 0 Å². The van der Waals surface area contributed by atoms with Gasteiger partial charge in [0.15, 0.2) is 4.96 Å². The molecule has 0 spiro atoms. The molecular weight excluding hydrogens is 366 g/mol. The number of nitrogens with one attached hydrogen (secondary N) is 1. The zero-order valence-corrected chi connectivity index (χ0v) is 15.9. The van der Waals surface area contributed by atoms with E-state index in [1.165, 1.54) is 0 Å². The van der Waals surface area contributed by atoms with E-state index in [1.807, 2.05) is 53.4 Å². The SMILES string of the molecule is Cc1ccc(C)c(S(=O)(=O)Nc2ccc(-c3cn4ccsc4n3)cc2)c1. The molecule has 1 N–H and O–H groups in total. The van der Waals surface area contributed by atoms with Crippen LogP contribution in [0.25, 0.3) is 16.2 Å². The van der Waals surface area contributed by atoms with Gasteiger partial charge in [0.2, 0.25) is 0 Å². The van der Waals surface area contributed by atoms with Crippen molar-refractivity contribution in [2.24, 2.45) is 0 Å². The van der Waals surface area contributed by atoms with E-state index < -0.39 is 10.0 Å². The summed E-state index contributed by atoms with van der Waals surface area (Å²) in [6.45, 7) is 3.67. The number of benzene rings is 2. The lowest BCUT2D eigenvalue weighted by molar-refractivity contribution is 0.600. The van der Waals surface area contributed by atoms with Crippen molar-refractivity contribution in [2.45, 2.75) is 18.7 Å². The fraction of sp³-hybridized carbons (Fsp3) is 0.105. The van der Waals surface area contributed by atoms with Crippen LogP contribution in [-0.4, -0.2) is 17.8 Å². The van der Waals surface area contributed by atoms with Crippen LogP contribution in [0.3, 0.4) is 0 Å². The van der Waals surface area contributed by atoms with Crippen molar-refractivity contribution < 1.29 is 8.42 Å². The molecule has 7 heteroatoms. The smallest absolute Gasteiger partial charge is 0.262 e. The van der Waals surface area contributed by atoms with Crippen molar-refractivity contribution in [3.05, 3.63) is 71.4 Å². The molecule has 0 unspecified atom stereocenters. The summed E-state index contributed by atoms with van der Waals surface area (Å²) in [5, 5.41) is 1.98. The maximum Gasteiger partial charge on any atom is 0.262 e. The molecule has 0 saturated carbocycles. The molecule has 0 aliphatic rings. The number of imidazole rings is 1. The van der Waals surface area contributed by atoms with Crippen LogP contribution in [-0.2, 0) is 10.0 Å². The van der Waals surface area contributed by atoms with Crippen LogP contribution in [0.4, 0.5) is 5.69 Å². The number of nitrogens with zero attached hydrogens (tertiary/aromatic N) is 2. The Labute approximate surface area is 156 Å². The van der Waals surface area contributed by atoms with Crippen LogP contribution in [0.15, 0.2) is 65.1 Å². The monoisotopic (exact) mass is 383 g/mol. The van der Waals surface area contributed by atoms with Gasteiger partial charge in [-0.05, 0) is 43.2 Å². The van der Waals surface area contributed by atoms with E-state index in [2.05, 4.69) is 9.71 Å². The van der Waals surface area contributed by atoms with E-state index in [4.69, 9.17) is 0 Å². The van der Waals surface area contributed by atoms with Crippen LogP contribution in [0.1, 0.15) is 11.1 Å². The van der Waals surface area contributed by atoms with Gasteiger partial charge in [-0.1, -0.05) is 24.3 Å². The predicted molar refractivity (Wildman–Crippen MR) is 105 cm³/mol. The fourth-order valence-corrected chi connectivity index (χ4v) is 4.87. The first kappa shape index (κ1) is 16.8. The third-order valence-electron chi connectivity index (χ3n) is 4.16. The molecule has 0 atom stereocenters. The number of hydrogen-bond donors (Lipinski definition) is 1. The lowest BCUT2D eigenvalue weighted by Crippen LogP contribution is -2.14. The molecule has 4 aromatic rings. The highest BCUT2D eigenvalue weighted by Crippen LogP contribution is 2.25. The van der Waals surface area contributed by atoms with Gasteiger partial charge in [-0.3, -0.25) is 9.12 Å². The molecule has 2 heterocycles. The standard InChI is InChI=1S/C19H17N3O2S2/c1-13-3-4-14(2)18(11-13)26(23,24)21-16-7-5-15(6-8-16)17-12-22-9-10-25-19(22)20-17/h3-12,21H,1-2H3. The highest BCUT2D eigenvalue weighted by atomic mass is 32.2. The van der Waals surface area contributed by atoms with Gasteiger partial charge in [0.05, 0.1) is 10.6 Å². The largest absolute Gasteiger partial charge is 0.297 e. The molecule has 0 saturated heterocycles. The summed E-state index contributed by atoms with van der Waals surface area (Å²) < 4.78 is 30.0. The summed E-state index contributed by atoms with van der Waals surface area (Å²) in [6, 6.07) is 12.7. The van der Waals surface area contributed by atoms with Crippen LogP contribution < -0.4 is 4.72 Å². The Morgan fingerprint density at radius 1 is 1.08 bits per heavy atom. The number of thiazole rings is 1. The van der Waals surface area contributed by atoms with E-state index in [0.29, 0.717) is 10.6 Å². The molecular formula is C19H17N3O2S2. The van der Waals surface area contributed by atoms with E-state index in [-0.39, 0.29) is 0 Å². The molecule has 0 radical (unpaired) electrons. The quantitative estimate of drug-likeness (QED) is 0.565. The molecule has 0 bridgehead atoms. The minimum Gasteiger partial charge on any atom is -0.297 e. The highest BCUT2D eigenvalue weighted by molar-refractivity contribution is 7.92. The van der Waals surface area contributed by atoms with E-state index >= 15 is 0 Å². The Morgan fingerprint density at radius 2 is 1.85 bits per heavy atom. The number of rotatable bonds is 4. The topological polar surface area (TPSA) is 63.5 Å². The minimum atomic E-state index is -3.62. The van der Waals surface area contributed by atoms with Gasteiger partial charge < -0.3 is 0 Å². The summed E-state index contributed by atoms with van der Waals surface area (Å²) in [7, 11) is -3.62. The van der Waals surface area contributed by atoms with Crippen molar-refractivity contribution in [3.63, 3.8) is 0 Å². The number of aryl methyl sites for hydroxylation is 2. The summed E-state index contributed by atoms with van der Waals surface area (Å²) >= 11 is 1.57. The maximum absolute atomic E-state index is 12.7. The number of anilines is 1. The van der Waals surface area contributed by atoms with Gasteiger partial charge in [0, 0.05) is 29.0 Å². The first-order valence-corrected chi connectivity index (χ1v) is 10.4. The minimum absolute atomic E-state index is 0.302. The first-order valence-electron chi connectivity index (χ1n) is 8.05. The van der Waals surface area contributed by atoms with Gasteiger partial charge in [-0.25, -0.2) is 13.4 Å². The van der Waals surface area contributed by atoms with Crippen molar-refractivity contribution in [2.75, 3.05) is 4.72 Å². The van der Waals surface area contributed by atoms with Crippen LogP contribution >= 0.6 is 11.3 Å². The van der Waals surface area contributed by atoms with Crippen LogP contribution in [0.2, 0.25) is 0 Å². The van der Waals surface area contributed by atoms with Gasteiger partial charge >= 0.3 is 0 Å². The number of aromatic nitrogens is 2. The molecule has 132 valence electrons. The molecule has 4 rings (SSSR count). The summed E-state index contributed by atoms with van der Waals surface area (Å²) in [4.78, 5) is 5.79. The Morgan fingerprint density at radius 3 is 2.58 bits per heavy atom. The molecule has 26 heavy (non-hydrogen) atoms. The second-order valence-electron chi connectivity index (χ2n) is 6.17. The normalized spacial score (nSPS) is 11.8. The van der Waals surface area contributed by atoms with Crippen molar-refractivity contribution in [1.82, 2.24) is 9.38 Å². The fourth-order valence-electron chi connectivity index (χ4n) is 2.78. The van der Waals surface area contributed by atoms with Crippen LogP contribution in [0, 0.1) is 13.8 Å².